The third kappa shape index (κ3) is 1.70. The molecule has 1 aliphatic heterocycles. The van der Waals surface area contributed by atoms with E-state index in [1.54, 1.807) is 0 Å². The van der Waals surface area contributed by atoms with Crippen LogP contribution in [0.15, 0.2) is 34.5 Å². The Balaban J connectivity index is 2.15. The van der Waals surface area contributed by atoms with Crippen LogP contribution in [-0.2, 0) is 4.79 Å². The van der Waals surface area contributed by atoms with Gasteiger partial charge in [-0.05, 0) is 24.1 Å². The smallest absolute Gasteiger partial charge is 0.211 e. The van der Waals surface area contributed by atoms with Gasteiger partial charge in [-0.15, -0.1) is 11.8 Å². The minimum Gasteiger partial charge on any atom is -0.383 e. The van der Waals surface area contributed by atoms with Crippen LogP contribution in [0.1, 0.15) is 6.42 Å². The van der Waals surface area contributed by atoms with Crippen molar-refractivity contribution in [2.45, 2.75) is 11.7 Å². The largest absolute Gasteiger partial charge is 0.383 e. The lowest BCUT2D eigenvalue weighted by molar-refractivity contribution is -0.108. The number of nitrogens with one attached hydrogen (secondary N) is 2. The summed E-state index contributed by atoms with van der Waals surface area (Å²) in [4.78, 5) is 10.3. The molecule has 0 aromatic heterocycles. The zero-order chi connectivity index (χ0) is 9.97. The first-order valence-electron chi connectivity index (χ1n) is 4.51. The summed E-state index contributed by atoms with van der Waals surface area (Å²) in [5.74, 6) is 0. The maximum Gasteiger partial charge on any atom is 0.211 e. The molecule has 1 heterocycles. The topological polar surface area (TPSA) is 41.1 Å². The van der Waals surface area contributed by atoms with Crippen molar-refractivity contribution in [3.63, 3.8) is 0 Å². The quantitative estimate of drug-likeness (QED) is 0.683. The number of allylic oxidation sites excluding steroid dienone is 3. The van der Waals surface area contributed by atoms with Gasteiger partial charge in [0.2, 0.25) is 6.41 Å². The SMILES string of the molecule is CNC1=CC2=CC(NC=O)=CCC2S1. The standard InChI is InChI=1S/C10H12N2OS/c1-11-10-5-7-4-8(12-6-13)2-3-9(7)14-10/h2,4-6,9,11H,3H2,1H3,(H,12,13). The van der Waals surface area contributed by atoms with E-state index in [9.17, 15) is 4.79 Å². The number of carbonyl (C=O) groups excluding carboxylic acids is 1. The fraction of sp³-hybridized carbons (Fsp3) is 0.300. The van der Waals surface area contributed by atoms with Gasteiger partial charge in [0.25, 0.3) is 0 Å². The molecule has 4 heteroatoms. The van der Waals surface area contributed by atoms with E-state index in [1.807, 2.05) is 24.9 Å². The molecule has 0 aromatic rings. The van der Waals surface area contributed by atoms with Crippen LogP contribution in [-0.4, -0.2) is 18.7 Å². The van der Waals surface area contributed by atoms with Gasteiger partial charge >= 0.3 is 0 Å². The molecule has 0 radical (unpaired) electrons. The Labute approximate surface area is 87.3 Å². The van der Waals surface area contributed by atoms with E-state index < -0.39 is 0 Å². The van der Waals surface area contributed by atoms with Crippen LogP contribution in [0.3, 0.4) is 0 Å². The molecule has 1 aliphatic carbocycles. The normalized spacial score (nSPS) is 24.4. The van der Waals surface area contributed by atoms with Crippen molar-refractivity contribution in [3.8, 4) is 0 Å². The minimum absolute atomic E-state index is 0.523. The summed E-state index contributed by atoms with van der Waals surface area (Å²) in [5, 5.41) is 7.53. The third-order valence-electron chi connectivity index (χ3n) is 2.28. The van der Waals surface area contributed by atoms with E-state index >= 15 is 0 Å². The zero-order valence-corrected chi connectivity index (χ0v) is 8.73. The van der Waals surface area contributed by atoms with Gasteiger partial charge in [-0.3, -0.25) is 4.79 Å². The average Bonchev–Trinajstić information content (AvgIpc) is 2.60. The lowest BCUT2D eigenvalue weighted by Gasteiger charge is -2.15. The zero-order valence-electron chi connectivity index (χ0n) is 7.91. The van der Waals surface area contributed by atoms with Gasteiger partial charge in [-0.2, -0.15) is 0 Å². The van der Waals surface area contributed by atoms with Crippen LogP contribution in [0.4, 0.5) is 0 Å². The molecule has 0 saturated heterocycles. The van der Waals surface area contributed by atoms with E-state index in [4.69, 9.17) is 0 Å². The molecule has 0 aromatic carbocycles. The summed E-state index contributed by atoms with van der Waals surface area (Å²) >= 11 is 1.84. The monoisotopic (exact) mass is 208 g/mol. The first kappa shape index (κ1) is 9.40. The second-order valence-corrected chi connectivity index (χ2v) is 4.41. The molecule has 1 atom stereocenters. The fourth-order valence-corrected chi connectivity index (χ4v) is 2.68. The molecule has 0 bridgehead atoms. The number of hydrogen-bond acceptors (Lipinski definition) is 3. The van der Waals surface area contributed by atoms with E-state index in [2.05, 4.69) is 22.8 Å². The van der Waals surface area contributed by atoms with Crippen molar-refractivity contribution in [2.75, 3.05) is 7.05 Å². The van der Waals surface area contributed by atoms with Crippen LogP contribution < -0.4 is 10.6 Å². The van der Waals surface area contributed by atoms with Gasteiger partial charge in [-0.1, -0.05) is 6.08 Å². The van der Waals surface area contributed by atoms with Crippen molar-refractivity contribution >= 4 is 18.2 Å². The number of hydrogen-bond donors (Lipinski definition) is 2. The van der Waals surface area contributed by atoms with Gasteiger partial charge in [0, 0.05) is 18.0 Å². The average molecular weight is 208 g/mol. The molecule has 3 nitrogen and oxygen atoms in total. The summed E-state index contributed by atoms with van der Waals surface area (Å²) < 4.78 is 0. The van der Waals surface area contributed by atoms with Crippen molar-refractivity contribution in [1.82, 2.24) is 10.6 Å². The Hall–Kier alpha value is -1.16. The number of fused-ring (bicyclic) bond motifs is 1. The van der Waals surface area contributed by atoms with Gasteiger partial charge in [0.1, 0.15) is 0 Å². The molecule has 74 valence electrons. The third-order valence-corrected chi connectivity index (χ3v) is 3.61. The van der Waals surface area contributed by atoms with Crippen LogP contribution >= 0.6 is 11.8 Å². The van der Waals surface area contributed by atoms with Crippen molar-refractivity contribution < 1.29 is 4.79 Å². The van der Waals surface area contributed by atoms with Crippen LogP contribution in [0, 0.1) is 0 Å². The van der Waals surface area contributed by atoms with Gasteiger partial charge in [0.15, 0.2) is 0 Å². The number of thioether (sulfide) groups is 1. The summed E-state index contributed by atoms with van der Waals surface area (Å²) in [6, 6.07) is 0. The molecule has 0 saturated carbocycles. The second kappa shape index (κ2) is 3.92. The van der Waals surface area contributed by atoms with Gasteiger partial charge < -0.3 is 10.6 Å². The molecule has 14 heavy (non-hydrogen) atoms. The number of carbonyl (C=O) groups is 1. The highest BCUT2D eigenvalue weighted by Crippen LogP contribution is 2.39. The highest BCUT2D eigenvalue weighted by molar-refractivity contribution is 8.04. The molecular formula is C10H12N2OS. The predicted molar refractivity (Wildman–Crippen MR) is 58.5 cm³/mol. The van der Waals surface area contributed by atoms with E-state index in [0.717, 1.165) is 12.1 Å². The molecule has 2 N–H and O–H groups in total. The number of amides is 1. The lowest BCUT2D eigenvalue weighted by Crippen LogP contribution is -2.14. The predicted octanol–water partition coefficient (Wildman–Crippen LogP) is 1.12. The van der Waals surface area contributed by atoms with Crippen LogP contribution in [0.5, 0.6) is 0 Å². The summed E-state index contributed by atoms with van der Waals surface area (Å²) in [7, 11) is 1.93. The van der Waals surface area contributed by atoms with Gasteiger partial charge in [-0.25, -0.2) is 0 Å². The van der Waals surface area contributed by atoms with Crippen molar-refractivity contribution in [1.29, 1.82) is 0 Å². The Bertz CT molecular complexity index is 344. The highest BCUT2D eigenvalue weighted by atomic mass is 32.2. The summed E-state index contributed by atoms with van der Waals surface area (Å²) in [6.45, 7) is 0. The molecule has 2 rings (SSSR count). The number of rotatable bonds is 3. The summed E-state index contributed by atoms with van der Waals surface area (Å²) in [5.41, 5.74) is 2.19. The Morgan fingerprint density at radius 3 is 3.14 bits per heavy atom. The van der Waals surface area contributed by atoms with Crippen molar-refractivity contribution in [3.05, 3.63) is 34.5 Å². The van der Waals surface area contributed by atoms with Crippen molar-refractivity contribution in [2.24, 2.45) is 0 Å². The maximum atomic E-state index is 10.3. The molecule has 0 spiro atoms. The van der Waals surface area contributed by atoms with E-state index in [1.165, 1.54) is 10.6 Å². The first-order valence-corrected chi connectivity index (χ1v) is 5.39. The Kier molecular flexibility index (Phi) is 2.63. The minimum atomic E-state index is 0.523. The van der Waals surface area contributed by atoms with E-state index in [0.29, 0.717) is 11.7 Å². The maximum absolute atomic E-state index is 10.3. The fourth-order valence-electron chi connectivity index (χ4n) is 1.59. The van der Waals surface area contributed by atoms with Crippen LogP contribution in [0.25, 0.3) is 0 Å². The molecular weight excluding hydrogens is 196 g/mol. The molecule has 1 amide bonds. The van der Waals surface area contributed by atoms with Gasteiger partial charge in [0.05, 0.1) is 5.03 Å². The first-order chi connectivity index (χ1) is 6.83. The molecule has 2 aliphatic rings. The molecule has 0 fully saturated rings. The second-order valence-electron chi connectivity index (χ2n) is 3.17. The molecule has 1 unspecified atom stereocenters. The van der Waals surface area contributed by atoms with Crippen LogP contribution in [0.2, 0.25) is 0 Å². The van der Waals surface area contributed by atoms with E-state index in [-0.39, 0.29) is 0 Å². The highest BCUT2D eigenvalue weighted by Gasteiger charge is 2.24. The summed E-state index contributed by atoms with van der Waals surface area (Å²) in [6.07, 6.45) is 7.92. The lowest BCUT2D eigenvalue weighted by atomic mass is 10.0. The Morgan fingerprint density at radius 2 is 2.43 bits per heavy atom. The Morgan fingerprint density at radius 1 is 1.57 bits per heavy atom.